The molecule has 1 atom stereocenters. The molecular formula is C27H28O3. The van der Waals surface area contributed by atoms with Crippen molar-refractivity contribution in [3.63, 3.8) is 0 Å². The highest BCUT2D eigenvalue weighted by Crippen LogP contribution is 2.35. The van der Waals surface area contributed by atoms with Gasteiger partial charge in [-0.15, -0.1) is 0 Å². The molecule has 0 N–H and O–H groups in total. The van der Waals surface area contributed by atoms with Crippen molar-refractivity contribution in [2.24, 2.45) is 0 Å². The maximum Gasteiger partial charge on any atom is 0.313 e. The van der Waals surface area contributed by atoms with Crippen molar-refractivity contribution >= 4 is 17.6 Å². The van der Waals surface area contributed by atoms with Crippen LogP contribution in [0.25, 0.3) is 11.6 Å². The van der Waals surface area contributed by atoms with Gasteiger partial charge >= 0.3 is 5.97 Å². The molecule has 0 radical (unpaired) electrons. The molecule has 154 valence electrons. The highest BCUT2D eigenvalue weighted by atomic mass is 16.5. The van der Waals surface area contributed by atoms with Crippen molar-refractivity contribution in [1.82, 2.24) is 0 Å². The Kier molecular flexibility index (Phi) is 7.08. The maximum atomic E-state index is 11.9. The van der Waals surface area contributed by atoms with Gasteiger partial charge in [0, 0.05) is 11.5 Å². The molecule has 0 saturated carbocycles. The van der Waals surface area contributed by atoms with Crippen molar-refractivity contribution in [2.75, 3.05) is 7.11 Å². The summed E-state index contributed by atoms with van der Waals surface area (Å²) in [6, 6.07) is 20.5. The molecule has 0 aliphatic heterocycles. The van der Waals surface area contributed by atoms with E-state index in [9.17, 15) is 4.79 Å². The van der Waals surface area contributed by atoms with E-state index in [0.717, 1.165) is 33.6 Å². The normalized spacial score (nSPS) is 12.0. The first-order chi connectivity index (χ1) is 14.5. The molecule has 3 nitrogen and oxygen atoms in total. The molecule has 3 rings (SSSR count). The predicted molar refractivity (Wildman–Crippen MR) is 122 cm³/mol. The summed E-state index contributed by atoms with van der Waals surface area (Å²) in [5, 5.41) is 0. The second-order valence-electron chi connectivity index (χ2n) is 7.29. The summed E-state index contributed by atoms with van der Waals surface area (Å²) >= 11 is 0. The number of esters is 1. The molecule has 1 aromatic heterocycles. The van der Waals surface area contributed by atoms with Crippen molar-refractivity contribution in [1.29, 1.82) is 0 Å². The van der Waals surface area contributed by atoms with Crippen LogP contribution in [0.3, 0.4) is 0 Å². The van der Waals surface area contributed by atoms with Crippen LogP contribution < -0.4 is 0 Å². The molecular weight excluding hydrogens is 372 g/mol. The molecule has 0 spiro atoms. The number of carbonyl (C=O) groups excluding carboxylic acids is 1. The Hall–Kier alpha value is -3.33. The molecule has 0 aliphatic carbocycles. The number of carbonyl (C=O) groups is 1. The van der Waals surface area contributed by atoms with Crippen LogP contribution in [0.4, 0.5) is 0 Å². The standard InChI is InChI=1S/C27H28O3/c1-5-12-19(2)27-20(3)24(18-26(28)29-4)30-25(27)17-23(21-13-8-6-9-14-21)22-15-10-7-11-16-22/h5-17,19H,18H2,1-4H3/b12-5+. The minimum absolute atomic E-state index is 0.123. The van der Waals surface area contributed by atoms with E-state index in [2.05, 4.69) is 43.3 Å². The van der Waals surface area contributed by atoms with Crippen molar-refractivity contribution < 1.29 is 13.9 Å². The molecule has 0 saturated heterocycles. The van der Waals surface area contributed by atoms with Gasteiger partial charge in [0.1, 0.15) is 17.9 Å². The van der Waals surface area contributed by atoms with Gasteiger partial charge in [0.15, 0.2) is 0 Å². The topological polar surface area (TPSA) is 39.4 Å². The Bertz CT molecular complexity index is 999. The second-order valence-corrected chi connectivity index (χ2v) is 7.29. The highest BCUT2D eigenvalue weighted by Gasteiger charge is 2.22. The fourth-order valence-corrected chi connectivity index (χ4v) is 3.73. The van der Waals surface area contributed by atoms with Gasteiger partial charge in [0.25, 0.3) is 0 Å². The number of rotatable bonds is 7. The van der Waals surface area contributed by atoms with Gasteiger partial charge < -0.3 is 9.15 Å². The third-order valence-electron chi connectivity index (χ3n) is 5.23. The van der Waals surface area contributed by atoms with E-state index >= 15 is 0 Å². The van der Waals surface area contributed by atoms with E-state index in [4.69, 9.17) is 9.15 Å². The van der Waals surface area contributed by atoms with E-state index in [1.54, 1.807) is 0 Å². The summed E-state index contributed by atoms with van der Waals surface area (Å²) in [6.45, 7) is 6.16. The minimum atomic E-state index is -0.307. The lowest BCUT2D eigenvalue weighted by Gasteiger charge is -2.11. The van der Waals surface area contributed by atoms with E-state index in [1.165, 1.54) is 7.11 Å². The van der Waals surface area contributed by atoms with E-state index in [0.29, 0.717) is 5.76 Å². The quantitative estimate of drug-likeness (QED) is 0.332. The molecule has 0 amide bonds. The van der Waals surface area contributed by atoms with Crippen LogP contribution in [-0.4, -0.2) is 13.1 Å². The van der Waals surface area contributed by atoms with Gasteiger partial charge in [0.2, 0.25) is 0 Å². The SMILES string of the molecule is C/C=C/C(C)c1c(C=C(c2ccccc2)c2ccccc2)oc(CC(=O)OC)c1C. The Morgan fingerprint density at radius 1 is 1.03 bits per heavy atom. The zero-order valence-corrected chi connectivity index (χ0v) is 18.0. The molecule has 1 unspecified atom stereocenters. The van der Waals surface area contributed by atoms with Gasteiger partial charge in [-0.3, -0.25) is 4.79 Å². The van der Waals surface area contributed by atoms with E-state index < -0.39 is 0 Å². The van der Waals surface area contributed by atoms with Gasteiger partial charge in [-0.2, -0.15) is 0 Å². The number of allylic oxidation sites excluding steroid dienone is 2. The Balaban J connectivity index is 2.20. The number of ether oxygens (including phenoxy) is 1. The van der Waals surface area contributed by atoms with Gasteiger partial charge in [0.05, 0.1) is 7.11 Å². The van der Waals surface area contributed by atoms with Crippen LogP contribution >= 0.6 is 0 Å². The first-order valence-electron chi connectivity index (χ1n) is 10.2. The summed E-state index contributed by atoms with van der Waals surface area (Å²) in [7, 11) is 1.40. The third kappa shape index (κ3) is 4.80. The molecule has 3 heteroatoms. The van der Waals surface area contributed by atoms with Crippen LogP contribution in [0.1, 0.15) is 53.5 Å². The summed E-state index contributed by atoms with van der Waals surface area (Å²) < 4.78 is 11.1. The zero-order chi connectivity index (χ0) is 21.5. The van der Waals surface area contributed by atoms with Crippen LogP contribution in [0.2, 0.25) is 0 Å². The Labute approximate surface area is 178 Å². The monoisotopic (exact) mass is 400 g/mol. The summed E-state index contributed by atoms with van der Waals surface area (Å²) in [6.07, 6.45) is 6.40. The molecule has 0 aliphatic rings. The van der Waals surface area contributed by atoms with Crippen LogP contribution in [0, 0.1) is 6.92 Å². The first kappa shape index (κ1) is 21.4. The molecule has 30 heavy (non-hydrogen) atoms. The summed E-state index contributed by atoms with van der Waals surface area (Å²) in [5.41, 5.74) is 5.38. The zero-order valence-electron chi connectivity index (χ0n) is 18.0. The van der Waals surface area contributed by atoms with Crippen molar-refractivity contribution in [3.05, 3.63) is 107 Å². The van der Waals surface area contributed by atoms with Crippen molar-refractivity contribution in [2.45, 2.75) is 33.1 Å². The van der Waals surface area contributed by atoms with Crippen molar-refractivity contribution in [3.8, 4) is 0 Å². The molecule has 0 fully saturated rings. The van der Waals surface area contributed by atoms with E-state index in [-0.39, 0.29) is 18.3 Å². The van der Waals surface area contributed by atoms with Crippen LogP contribution in [0.5, 0.6) is 0 Å². The lowest BCUT2D eigenvalue weighted by atomic mass is 9.92. The lowest BCUT2D eigenvalue weighted by Crippen LogP contribution is -2.04. The summed E-state index contributed by atoms with van der Waals surface area (Å²) in [4.78, 5) is 11.9. The largest absolute Gasteiger partial charge is 0.469 e. The van der Waals surface area contributed by atoms with Gasteiger partial charge in [-0.05, 0) is 42.2 Å². The Morgan fingerprint density at radius 3 is 2.10 bits per heavy atom. The van der Waals surface area contributed by atoms with Gasteiger partial charge in [-0.1, -0.05) is 79.7 Å². The first-order valence-corrected chi connectivity index (χ1v) is 10.2. The predicted octanol–water partition coefficient (Wildman–Crippen LogP) is 6.57. The molecule has 1 heterocycles. The summed E-state index contributed by atoms with van der Waals surface area (Å²) in [5.74, 6) is 1.28. The number of hydrogen-bond donors (Lipinski definition) is 0. The average molecular weight is 401 g/mol. The number of benzene rings is 2. The number of hydrogen-bond acceptors (Lipinski definition) is 3. The molecule has 3 aromatic rings. The molecule has 0 bridgehead atoms. The second kappa shape index (κ2) is 9.93. The highest BCUT2D eigenvalue weighted by molar-refractivity contribution is 5.91. The maximum absolute atomic E-state index is 11.9. The Morgan fingerprint density at radius 2 is 1.60 bits per heavy atom. The third-order valence-corrected chi connectivity index (χ3v) is 5.23. The fraction of sp³-hybridized carbons (Fsp3) is 0.222. The molecule has 2 aromatic carbocycles. The van der Waals surface area contributed by atoms with E-state index in [1.807, 2.05) is 56.3 Å². The average Bonchev–Trinajstić information content (AvgIpc) is 3.08. The smallest absolute Gasteiger partial charge is 0.313 e. The number of methoxy groups -OCH3 is 1. The van der Waals surface area contributed by atoms with Crippen LogP contribution in [-0.2, 0) is 16.0 Å². The number of furan rings is 1. The minimum Gasteiger partial charge on any atom is -0.469 e. The fourth-order valence-electron chi connectivity index (χ4n) is 3.73. The van der Waals surface area contributed by atoms with Crippen LogP contribution in [0.15, 0.2) is 77.2 Å². The van der Waals surface area contributed by atoms with Gasteiger partial charge in [-0.25, -0.2) is 0 Å². The lowest BCUT2D eigenvalue weighted by molar-refractivity contribution is -0.140.